The van der Waals surface area contributed by atoms with Crippen molar-refractivity contribution in [3.05, 3.63) is 17.3 Å². The third-order valence-corrected chi connectivity index (χ3v) is 2.36. The van der Waals surface area contributed by atoms with Gasteiger partial charge in [-0.05, 0) is 0 Å². The van der Waals surface area contributed by atoms with Crippen molar-refractivity contribution in [2.24, 2.45) is 0 Å². The Bertz CT molecular complexity index is 410. The zero-order chi connectivity index (χ0) is 13.2. The number of nitrogen functional groups attached to an aromatic ring is 1. The molecular formula is C8H6BrF5N2O. The lowest BCUT2D eigenvalue weighted by Gasteiger charge is -2.15. The number of ether oxygens (including phenoxy) is 1. The highest BCUT2D eigenvalue weighted by Crippen LogP contribution is 2.37. The standard InChI is InChI=1S/C8H6BrF5N2O/c9-1-3-5(6(10)11)4(2-16-7(3)15)17-8(12,13)14/h2,6H,1H2,(H2,15,16). The van der Waals surface area contributed by atoms with Gasteiger partial charge in [0.05, 0.1) is 11.8 Å². The molecule has 2 N–H and O–H groups in total. The average Bonchev–Trinajstić information content (AvgIpc) is 2.17. The largest absolute Gasteiger partial charge is 0.573 e. The molecular weight excluding hydrogens is 315 g/mol. The molecule has 0 unspecified atom stereocenters. The number of pyridine rings is 1. The van der Waals surface area contributed by atoms with E-state index in [-0.39, 0.29) is 16.7 Å². The minimum atomic E-state index is -5.06. The van der Waals surface area contributed by atoms with Crippen molar-refractivity contribution >= 4 is 21.7 Å². The Morgan fingerprint density at radius 2 is 2.00 bits per heavy atom. The molecule has 1 aromatic rings. The van der Waals surface area contributed by atoms with Gasteiger partial charge in [0.1, 0.15) is 5.82 Å². The van der Waals surface area contributed by atoms with Gasteiger partial charge < -0.3 is 10.5 Å². The van der Waals surface area contributed by atoms with Crippen molar-refractivity contribution in [2.45, 2.75) is 18.1 Å². The molecule has 0 saturated carbocycles. The highest BCUT2D eigenvalue weighted by Gasteiger charge is 2.34. The van der Waals surface area contributed by atoms with Crippen LogP contribution in [0.15, 0.2) is 6.20 Å². The molecule has 1 rings (SSSR count). The first kappa shape index (κ1) is 13.9. The summed E-state index contributed by atoms with van der Waals surface area (Å²) in [4.78, 5) is 3.37. The Morgan fingerprint density at radius 3 is 2.41 bits per heavy atom. The number of nitrogens with zero attached hydrogens (tertiary/aromatic N) is 1. The summed E-state index contributed by atoms with van der Waals surface area (Å²) in [5, 5.41) is -0.152. The number of aromatic nitrogens is 1. The molecule has 1 heterocycles. The van der Waals surface area contributed by atoms with Crippen LogP contribution >= 0.6 is 15.9 Å². The Balaban J connectivity index is 3.30. The number of anilines is 1. The minimum Gasteiger partial charge on any atom is -0.404 e. The topological polar surface area (TPSA) is 48.1 Å². The molecule has 9 heteroatoms. The summed E-state index contributed by atoms with van der Waals surface area (Å²) in [6.45, 7) is 0. The quantitative estimate of drug-likeness (QED) is 0.686. The number of halogens is 6. The lowest BCUT2D eigenvalue weighted by atomic mass is 10.1. The third kappa shape index (κ3) is 3.42. The fourth-order valence-electron chi connectivity index (χ4n) is 1.15. The van der Waals surface area contributed by atoms with E-state index in [0.717, 1.165) is 0 Å². The van der Waals surface area contributed by atoms with Gasteiger partial charge in [-0.3, -0.25) is 0 Å². The van der Waals surface area contributed by atoms with Crippen molar-refractivity contribution in [3.63, 3.8) is 0 Å². The molecule has 0 atom stereocenters. The normalized spacial score (nSPS) is 11.9. The van der Waals surface area contributed by atoms with Crippen molar-refractivity contribution in [2.75, 3.05) is 5.73 Å². The zero-order valence-electron chi connectivity index (χ0n) is 8.06. The molecule has 0 aliphatic heterocycles. The van der Waals surface area contributed by atoms with Gasteiger partial charge in [0.25, 0.3) is 6.43 Å². The maximum absolute atomic E-state index is 12.7. The van der Waals surface area contributed by atoms with Crippen LogP contribution in [0.5, 0.6) is 5.75 Å². The van der Waals surface area contributed by atoms with E-state index in [1.807, 2.05) is 0 Å². The van der Waals surface area contributed by atoms with Crippen molar-refractivity contribution < 1.29 is 26.7 Å². The smallest absolute Gasteiger partial charge is 0.404 e. The molecule has 0 saturated heterocycles. The van der Waals surface area contributed by atoms with Crippen molar-refractivity contribution in [1.82, 2.24) is 4.98 Å². The second kappa shape index (κ2) is 5.03. The van der Waals surface area contributed by atoms with E-state index in [2.05, 4.69) is 25.7 Å². The van der Waals surface area contributed by atoms with E-state index >= 15 is 0 Å². The summed E-state index contributed by atoms with van der Waals surface area (Å²) in [7, 11) is 0. The highest BCUT2D eigenvalue weighted by molar-refractivity contribution is 9.08. The van der Waals surface area contributed by atoms with Crippen LogP contribution in [0.2, 0.25) is 0 Å². The summed E-state index contributed by atoms with van der Waals surface area (Å²) in [6.07, 6.45) is -7.69. The Hall–Kier alpha value is -1.12. The van der Waals surface area contributed by atoms with Gasteiger partial charge >= 0.3 is 6.36 Å². The maximum Gasteiger partial charge on any atom is 0.573 e. The molecule has 96 valence electrons. The minimum absolute atomic E-state index is 0.152. The van der Waals surface area contributed by atoms with Crippen LogP contribution in [0.1, 0.15) is 17.6 Å². The summed E-state index contributed by atoms with van der Waals surface area (Å²) in [6, 6.07) is 0. The molecule has 0 fully saturated rings. The van der Waals surface area contributed by atoms with E-state index in [1.165, 1.54) is 0 Å². The fourth-order valence-corrected chi connectivity index (χ4v) is 1.74. The molecule has 0 spiro atoms. The van der Waals surface area contributed by atoms with Crippen LogP contribution in [0, 0.1) is 0 Å². The first-order chi connectivity index (χ1) is 7.76. The SMILES string of the molecule is Nc1ncc(OC(F)(F)F)c(C(F)F)c1CBr. The Labute approximate surface area is 101 Å². The monoisotopic (exact) mass is 320 g/mol. The molecule has 0 radical (unpaired) electrons. The van der Waals surface area contributed by atoms with E-state index < -0.39 is 24.1 Å². The van der Waals surface area contributed by atoms with E-state index in [1.54, 1.807) is 0 Å². The second-order valence-electron chi connectivity index (χ2n) is 2.88. The van der Waals surface area contributed by atoms with Gasteiger partial charge in [0.2, 0.25) is 0 Å². The molecule has 1 aromatic heterocycles. The predicted octanol–water partition coefficient (Wildman–Crippen LogP) is 3.39. The summed E-state index contributed by atoms with van der Waals surface area (Å²) in [5.74, 6) is -1.32. The maximum atomic E-state index is 12.7. The molecule has 0 aliphatic rings. The molecule has 3 nitrogen and oxygen atoms in total. The highest BCUT2D eigenvalue weighted by atomic mass is 79.9. The number of hydrogen-bond acceptors (Lipinski definition) is 3. The Morgan fingerprint density at radius 1 is 1.41 bits per heavy atom. The van der Waals surface area contributed by atoms with E-state index in [4.69, 9.17) is 5.73 Å². The molecule has 0 bridgehead atoms. The molecule has 0 aliphatic carbocycles. The van der Waals surface area contributed by atoms with E-state index in [0.29, 0.717) is 6.20 Å². The fraction of sp³-hybridized carbons (Fsp3) is 0.375. The van der Waals surface area contributed by atoms with Crippen LogP contribution in [0.3, 0.4) is 0 Å². The van der Waals surface area contributed by atoms with Crippen LogP contribution in [0.4, 0.5) is 27.8 Å². The van der Waals surface area contributed by atoms with Gasteiger partial charge in [0, 0.05) is 10.9 Å². The summed E-state index contributed by atoms with van der Waals surface area (Å²) >= 11 is 2.85. The number of rotatable bonds is 3. The predicted molar refractivity (Wildman–Crippen MR) is 52.9 cm³/mol. The van der Waals surface area contributed by atoms with E-state index in [9.17, 15) is 22.0 Å². The average molecular weight is 321 g/mol. The third-order valence-electron chi connectivity index (χ3n) is 1.80. The molecule has 17 heavy (non-hydrogen) atoms. The number of hydrogen-bond donors (Lipinski definition) is 1. The first-order valence-corrected chi connectivity index (χ1v) is 5.25. The molecule has 0 amide bonds. The Kier molecular flexibility index (Phi) is 4.12. The van der Waals surface area contributed by atoms with Gasteiger partial charge in [-0.2, -0.15) is 0 Å². The van der Waals surface area contributed by atoms with Crippen molar-refractivity contribution in [3.8, 4) is 5.75 Å². The van der Waals surface area contributed by atoms with Crippen LogP contribution < -0.4 is 10.5 Å². The van der Waals surface area contributed by atoms with Gasteiger partial charge in [-0.1, -0.05) is 15.9 Å². The first-order valence-electron chi connectivity index (χ1n) is 4.13. The lowest BCUT2D eigenvalue weighted by molar-refractivity contribution is -0.275. The molecule has 0 aromatic carbocycles. The number of alkyl halides is 6. The van der Waals surface area contributed by atoms with Crippen LogP contribution in [0.25, 0.3) is 0 Å². The summed E-state index contributed by atoms with van der Waals surface area (Å²) < 4.78 is 64.8. The van der Waals surface area contributed by atoms with Crippen molar-refractivity contribution in [1.29, 1.82) is 0 Å². The van der Waals surface area contributed by atoms with Crippen LogP contribution in [-0.2, 0) is 5.33 Å². The van der Waals surface area contributed by atoms with Crippen LogP contribution in [-0.4, -0.2) is 11.3 Å². The van der Waals surface area contributed by atoms with Gasteiger partial charge in [-0.15, -0.1) is 13.2 Å². The van der Waals surface area contributed by atoms with Gasteiger partial charge in [-0.25, -0.2) is 13.8 Å². The zero-order valence-corrected chi connectivity index (χ0v) is 9.65. The summed E-state index contributed by atoms with van der Waals surface area (Å²) in [5.41, 5.74) is 4.16. The second-order valence-corrected chi connectivity index (χ2v) is 3.44. The lowest BCUT2D eigenvalue weighted by Crippen LogP contribution is -2.19. The number of nitrogens with two attached hydrogens (primary N) is 1. The van der Waals surface area contributed by atoms with Gasteiger partial charge in [0.15, 0.2) is 5.75 Å².